The lowest BCUT2D eigenvalue weighted by molar-refractivity contribution is -0.125. The molecule has 3 N–H and O–H groups in total. The Morgan fingerprint density at radius 2 is 1.54 bits per heavy atom. The Labute approximate surface area is 161 Å². The van der Waals surface area contributed by atoms with Gasteiger partial charge in [0.25, 0.3) is 0 Å². The Morgan fingerprint density at radius 1 is 1.04 bits per heavy atom. The Balaban J connectivity index is 0. The molecule has 0 aliphatic carbocycles. The number of nitrogens with one attached hydrogen (secondary N) is 2. The third-order valence-electron chi connectivity index (χ3n) is 3.49. The first-order valence-corrected chi connectivity index (χ1v) is 8.91. The summed E-state index contributed by atoms with van der Waals surface area (Å²) in [5.41, 5.74) is 0. The fraction of sp³-hybridized carbons (Fsp3) is 0.882. The van der Waals surface area contributed by atoms with Crippen LogP contribution in [0.4, 0.5) is 0 Å². The predicted molar refractivity (Wildman–Crippen MR) is 101 cm³/mol. The lowest BCUT2D eigenvalue weighted by atomic mass is 10.1. The SMILES string of the molecule is C.COCCl.COCOCC1CCCC(=O)N1.O=C1CCCC(CO)N1. The number of carbonyl (C=O) groups excluding carboxylic acids is 2. The zero-order valence-electron chi connectivity index (χ0n) is 15.1. The molecular weight excluding hydrogens is 364 g/mol. The second-order valence-electron chi connectivity index (χ2n) is 5.67. The molecule has 156 valence electrons. The number of methoxy groups -OCH3 is 2. The van der Waals surface area contributed by atoms with Crippen LogP contribution in [0.1, 0.15) is 46.0 Å². The number of rotatable bonds is 6. The average Bonchev–Trinajstić information content (AvgIpc) is 2.63. The summed E-state index contributed by atoms with van der Waals surface area (Å²) in [7, 11) is 3.13. The molecule has 2 unspecified atom stereocenters. The van der Waals surface area contributed by atoms with Crippen molar-refractivity contribution in [3.63, 3.8) is 0 Å². The fourth-order valence-corrected chi connectivity index (χ4v) is 2.30. The maximum Gasteiger partial charge on any atom is 0.220 e. The maximum absolute atomic E-state index is 10.9. The average molecular weight is 399 g/mol. The number of carbonyl (C=O) groups is 2. The van der Waals surface area contributed by atoms with Crippen molar-refractivity contribution in [1.82, 2.24) is 10.6 Å². The summed E-state index contributed by atoms with van der Waals surface area (Å²) in [6, 6.07) is 0.493. The van der Waals surface area contributed by atoms with Gasteiger partial charge in [0.15, 0.2) is 0 Å². The number of ether oxygens (including phenoxy) is 3. The zero-order chi connectivity index (χ0) is 18.9. The van der Waals surface area contributed by atoms with Gasteiger partial charge in [-0.3, -0.25) is 9.59 Å². The van der Waals surface area contributed by atoms with Gasteiger partial charge in [-0.2, -0.15) is 0 Å². The van der Waals surface area contributed by atoms with Gasteiger partial charge in [0.05, 0.1) is 25.3 Å². The lowest BCUT2D eigenvalue weighted by Gasteiger charge is -2.22. The molecule has 0 saturated carbocycles. The van der Waals surface area contributed by atoms with E-state index in [0.29, 0.717) is 32.3 Å². The molecule has 2 fully saturated rings. The fourth-order valence-electron chi connectivity index (χ4n) is 2.30. The van der Waals surface area contributed by atoms with Gasteiger partial charge in [-0.1, -0.05) is 19.0 Å². The molecule has 0 bridgehead atoms. The summed E-state index contributed by atoms with van der Waals surface area (Å²) >= 11 is 4.96. The van der Waals surface area contributed by atoms with Crippen LogP contribution in [0.5, 0.6) is 0 Å². The van der Waals surface area contributed by atoms with Crippen molar-refractivity contribution in [1.29, 1.82) is 0 Å². The van der Waals surface area contributed by atoms with E-state index in [4.69, 9.17) is 26.2 Å². The van der Waals surface area contributed by atoms with E-state index in [2.05, 4.69) is 15.4 Å². The van der Waals surface area contributed by atoms with Crippen molar-refractivity contribution >= 4 is 23.4 Å². The minimum Gasteiger partial charge on any atom is -0.394 e. The third-order valence-corrected chi connectivity index (χ3v) is 3.71. The van der Waals surface area contributed by atoms with E-state index in [0.717, 1.165) is 25.7 Å². The highest BCUT2D eigenvalue weighted by Gasteiger charge is 2.17. The van der Waals surface area contributed by atoms with Crippen LogP contribution in [0.15, 0.2) is 0 Å². The van der Waals surface area contributed by atoms with Crippen LogP contribution in [-0.2, 0) is 23.8 Å². The van der Waals surface area contributed by atoms with Crippen molar-refractivity contribution in [2.45, 2.75) is 58.0 Å². The summed E-state index contributed by atoms with van der Waals surface area (Å²) in [5.74, 6) is 0.201. The minimum absolute atomic E-state index is 0. The molecular formula is C17H35ClN2O6. The maximum atomic E-state index is 10.9. The standard InChI is InChI=1S/C8H15NO3.C6H11NO2.C2H5ClO.CH4/c1-11-6-12-5-7-3-2-4-8(10)9-7;8-4-5-2-1-3-6(9)7-5;1-4-2-3;/h7H,2-6H2,1H3,(H,9,10);5,8H,1-4H2,(H,7,9);2H2,1H3;1H4. The number of hydrogen-bond donors (Lipinski definition) is 3. The van der Waals surface area contributed by atoms with E-state index < -0.39 is 0 Å². The van der Waals surface area contributed by atoms with Gasteiger partial charge in [-0.05, 0) is 25.7 Å². The number of alkyl halides is 1. The molecule has 2 aliphatic heterocycles. The Bertz CT molecular complexity index is 358. The molecule has 2 aliphatic rings. The topological polar surface area (TPSA) is 106 Å². The van der Waals surface area contributed by atoms with Crippen molar-refractivity contribution < 1.29 is 28.9 Å². The van der Waals surface area contributed by atoms with Crippen molar-refractivity contribution in [3.05, 3.63) is 0 Å². The van der Waals surface area contributed by atoms with E-state index in [9.17, 15) is 9.59 Å². The van der Waals surface area contributed by atoms with Crippen LogP contribution < -0.4 is 10.6 Å². The first-order valence-electron chi connectivity index (χ1n) is 8.38. The molecule has 0 spiro atoms. The molecule has 0 aromatic heterocycles. The molecule has 2 rings (SSSR count). The zero-order valence-corrected chi connectivity index (χ0v) is 15.8. The summed E-state index contributed by atoms with van der Waals surface area (Å²) in [6.07, 6.45) is 5.08. The normalized spacial score (nSPS) is 21.7. The molecule has 0 radical (unpaired) electrons. The first kappa shape index (κ1) is 27.3. The number of amides is 2. The van der Waals surface area contributed by atoms with E-state index in [-0.39, 0.29) is 37.9 Å². The number of halogens is 1. The Kier molecular flexibility index (Phi) is 19.8. The van der Waals surface area contributed by atoms with Crippen LogP contribution in [0, 0.1) is 0 Å². The summed E-state index contributed by atoms with van der Waals surface area (Å²) in [5, 5.41) is 14.1. The lowest BCUT2D eigenvalue weighted by Crippen LogP contribution is -2.41. The van der Waals surface area contributed by atoms with Crippen LogP contribution in [0.3, 0.4) is 0 Å². The largest absolute Gasteiger partial charge is 0.394 e. The van der Waals surface area contributed by atoms with Gasteiger partial charge >= 0.3 is 0 Å². The van der Waals surface area contributed by atoms with Crippen molar-refractivity contribution in [2.24, 2.45) is 0 Å². The second kappa shape index (κ2) is 18.8. The summed E-state index contributed by atoms with van der Waals surface area (Å²) in [6.45, 7) is 0.928. The van der Waals surface area contributed by atoms with Crippen LogP contribution in [0.25, 0.3) is 0 Å². The summed E-state index contributed by atoms with van der Waals surface area (Å²) < 4.78 is 14.2. The molecule has 26 heavy (non-hydrogen) atoms. The molecule has 0 aromatic rings. The van der Waals surface area contributed by atoms with E-state index in [1.54, 1.807) is 14.2 Å². The highest BCUT2D eigenvalue weighted by molar-refractivity contribution is 6.17. The Hall–Kier alpha value is -0.930. The van der Waals surface area contributed by atoms with Gasteiger partial charge < -0.3 is 30.0 Å². The number of hydrogen-bond acceptors (Lipinski definition) is 6. The van der Waals surface area contributed by atoms with Gasteiger partial charge in [0.1, 0.15) is 12.9 Å². The van der Waals surface area contributed by atoms with Gasteiger partial charge in [-0.15, -0.1) is 0 Å². The van der Waals surface area contributed by atoms with Gasteiger partial charge in [0.2, 0.25) is 11.8 Å². The van der Waals surface area contributed by atoms with Crippen LogP contribution >= 0.6 is 11.6 Å². The van der Waals surface area contributed by atoms with E-state index in [1.165, 1.54) is 0 Å². The number of piperidine rings is 2. The molecule has 0 aromatic carbocycles. The predicted octanol–water partition coefficient (Wildman–Crippen LogP) is 1.39. The first-order chi connectivity index (χ1) is 12.1. The van der Waals surface area contributed by atoms with Gasteiger partial charge in [0, 0.05) is 27.1 Å². The molecule has 2 amide bonds. The van der Waals surface area contributed by atoms with Gasteiger partial charge in [-0.25, -0.2) is 0 Å². The molecule has 9 heteroatoms. The molecule has 2 saturated heterocycles. The van der Waals surface area contributed by atoms with Crippen molar-refractivity contribution in [3.8, 4) is 0 Å². The highest BCUT2D eigenvalue weighted by Crippen LogP contribution is 2.08. The molecule has 2 heterocycles. The minimum atomic E-state index is 0. The number of aliphatic hydroxyl groups is 1. The summed E-state index contributed by atoms with van der Waals surface area (Å²) in [4.78, 5) is 21.5. The Morgan fingerprint density at radius 3 is 1.92 bits per heavy atom. The van der Waals surface area contributed by atoms with E-state index in [1.807, 2.05) is 0 Å². The smallest absolute Gasteiger partial charge is 0.220 e. The monoisotopic (exact) mass is 398 g/mol. The number of aliphatic hydroxyl groups excluding tert-OH is 1. The van der Waals surface area contributed by atoms with Crippen LogP contribution in [0.2, 0.25) is 0 Å². The third kappa shape index (κ3) is 15.3. The highest BCUT2D eigenvalue weighted by atomic mass is 35.5. The van der Waals surface area contributed by atoms with Crippen LogP contribution in [-0.4, -0.2) is 69.3 Å². The quantitative estimate of drug-likeness (QED) is 0.354. The van der Waals surface area contributed by atoms with Crippen molar-refractivity contribution in [2.75, 3.05) is 40.3 Å². The molecule has 2 atom stereocenters. The van der Waals surface area contributed by atoms with E-state index >= 15 is 0 Å². The molecule has 8 nitrogen and oxygen atoms in total. The second-order valence-corrected chi connectivity index (χ2v) is 5.89.